The Balaban J connectivity index is 1.21. The van der Waals surface area contributed by atoms with E-state index >= 15 is 0 Å². The molecule has 0 unspecified atom stereocenters. The molecule has 73 heavy (non-hydrogen) atoms. The summed E-state index contributed by atoms with van der Waals surface area (Å²) in [7, 11) is 0. The highest BCUT2D eigenvalue weighted by molar-refractivity contribution is 7.80. The molecule has 1 aromatic carbocycles. The van der Waals surface area contributed by atoms with Crippen LogP contribution in [0.2, 0.25) is 0 Å². The van der Waals surface area contributed by atoms with Crippen LogP contribution in [0, 0.1) is 0 Å². The van der Waals surface area contributed by atoms with E-state index in [0.717, 1.165) is 24.5 Å². The van der Waals surface area contributed by atoms with E-state index in [1.165, 1.54) is 241 Å². The Hall–Kier alpha value is -2.73. The highest BCUT2D eigenvalue weighted by Crippen LogP contribution is 2.55. The molecule has 0 saturated carbocycles. The molecule has 0 aliphatic heterocycles. The van der Waals surface area contributed by atoms with Crippen molar-refractivity contribution in [3.05, 3.63) is 111 Å². The monoisotopic (exact) mass is 1120 g/mol. The van der Waals surface area contributed by atoms with Gasteiger partial charge in [0.25, 0.3) is 0 Å². The molecular weight excluding hydrogens is 1040 g/mol. The number of benzene rings is 1. The number of rotatable bonds is 34. The van der Waals surface area contributed by atoms with E-state index in [2.05, 4.69) is 129 Å². The van der Waals surface area contributed by atoms with Crippen molar-refractivity contribution in [2.45, 2.75) is 182 Å². The zero-order valence-electron chi connectivity index (χ0n) is 44.3. The number of ether oxygens (including phenoxy) is 1. The van der Waals surface area contributed by atoms with E-state index in [-0.39, 0.29) is 0 Å². The first-order chi connectivity index (χ1) is 36.0. The molecule has 1 nitrogen and oxygen atoms in total. The summed E-state index contributed by atoms with van der Waals surface area (Å²) in [6.45, 7) is 10.00. The SMILES string of the molecule is CCCCCCc1csc(-c2cc(-c3cc(-c4ccc(OCCCCCCS)cc4)sc3-c3cc(-c4cc(CCCCCC)cs4)c(-c4cc(CCCCCC)cs4)s3)sc2-c2cc(CCCCCC)cs2)c1. The van der Waals surface area contributed by atoms with Crippen LogP contribution in [0.5, 0.6) is 5.75 Å². The maximum atomic E-state index is 6.27. The quantitative estimate of drug-likeness (QED) is 0.0312. The summed E-state index contributed by atoms with van der Waals surface area (Å²) in [6.07, 6.45) is 30.1. The maximum absolute atomic E-state index is 6.27. The third-order valence-electron chi connectivity index (χ3n) is 14.0. The highest BCUT2D eigenvalue weighted by Gasteiger charge is 2.25. The van der Waals surface area contributed by atoms with Crippen LogP contribution in [0.15, 0.2) is 88.3 Å². The molecule has 0 amide bonds. The average Bonchev–Trinajstić information content (AvgIpc) is 4.27. The fraction of sp³-hybridized carbons (Fsp3) is 0.469. The smallest absolute Gasteiger partial charge is 0.119 e. The normalized spacial score (nSPS) is 11.7. The molecule has 0 saturated heterocycles. The number of hydrogen-bond donors (Lipinski definition) is 1. The zero-order valence-corrected chi connectivity index (χ0v) is 50.9. The van der Waals surface area contributed by atoms with E-state index in [1.807, 2.05) is 79.4 Å². The van der Waals surface area contributed by atoms with Crippen molar-refractivity contribution < 1.29 is 4.74 Å². The van der Waals surface area contributed by atoms with Crippen LogP contribution in [0.1, 0.15) is 178 Å². The molecular formula is C64H80OS8. The molecule has 0 radical (unpaired) electrons. The molecule has 390 valence electrons. The van der Waals surface area contributed by atoms with Gasteiger partial charge in [-0.05, 0) is 186 Å². The lowest BCUT2D eigenvalue weighted by molar-refractivity contribution is 0.305. The van der Waals surface area contributed by atoms with E-state index in [9.17, 15) is 0 Å². The van der Waals surface area contributed by atoms with Crippen LogP contribution in [0.3, 0.4) is 0 Å². The second-order valence-corrected chi connectivity index (χ2v) is 27.3. The van der Waals surface area contributed by atoms with Crippen molar-refractivity contribution in [2.24, 2.45) is 0 Å². The predicted octanol–water partition coefficient (Wildman–Crippen LogP) is 24.1. The van der Waals surface area contributed by atoms with Crippen molar-refractivity contribution in [1.82, 2.24) is 0 Å². The van der Waals surface area contributed by atoms with Gasteiger partial charge in [-0.3, -0.25) is 0 Å². The summed E-state index contributed by atoms with van der Waals surface area (Å²) >= 11 is 18.2. The summed E-state index contributed by atoms with van der Waals surface area (Å²) in [5.41, 5.74) is 11.4. The fourth-order valence-corrected chi connectivity index (χ4v) is 17.9. The number of thiol groups is 1. The second kappa shape index (κ2) is 30.3. The molecule has 0 spiro atoms. The minimum atomic E-state index is 0.760. The zero-order chi connectivity index (χ0) is 50.6. The van der Waals surface area contributed by atoms with Crippen molar-refractivity contribution in [2.75, 3.05) is 12.4 Å². The predicted molar refractivity (Wildman–Crippen MR) is 339 cm³/mol. The van der Waals surface area contributed by atoms with Crippen molar-refractivity contribution in [3.8, 4) is 76.8 Å². The maximum Gasteiger partial charge on any atom is 0.119 e. The third-order valence-corrected chi connectivity index (χ3v) is 22.3. The Labute approximate surface area is 474 Å². The van der Waals surface area contributed by atoms with Crippen LogP contribution in [0.25, 0.3) is 71.0 Å². The van der Waals surface area contributed by atoms with Crippen LogP contribution in [-0.4, -0.2) is 12.4 Å². The van der Waals surface area contributed by atoms with Gasteiger partial charge in [0.15, 0.2) is 0 Å². The van der Waals surface area contributed by atoms with Crippen LogP contribution in [-0.2, 0) is 25.7 Å². The summed E-state index contributed by atoms with van der Waals surface area (Å²) in [6, 6.07) is 26.7. The van der Waals surface area contributed by atoms with Crippen LogP contribution < -0.4 is 4.74 Å². The van der Waals surface area contributed by atoms with Gasteiger partial charge in [-0.2, -0.15) is 12.6 Å². The molecule has 7 heterocycles. The first kappa shape index (κ1) is 56.5. The molecule has 0 N–H and O–H groups in total. The molecule has 0 fully saturated rings. The van der Waals surface area contributed by atoms with Crippen molar-refractivity contribution >= 4 is 92.0 Å². The average molecular weight is 1120 g/mol. The van der Waals surface area contributed by atoms with Gasteiger partial charge < -0.3 is 4.74 Å². The second-order valence-electron chi connectivity index (χ2n) is 20.1. The summed E-state index contributed by atoms with van der Waals surface area (Å²) in [4.78, 5) is 13.9. The molecule has 8 rings (SSSR count). The molecule has 8 aromatic rings. The van der Waals surface area contributed by atoms with Crippen LogP contribution in [0.4, 0.5) is 0 Å². The van der Waals surface area contributed by atoms with E-state index < -0.39 is 0 Å². The van der Waals surface area contributed by atoms with Gasteiger partial charge in [0.2, 0.25) is 0 Å². The van der Waals surface area contributed by atoms with E-state index in [0.29, 0.717) is 0 Å². The minimum absolute atomic E-state index is 0.760. The number of thiophene rings is 7. The Kier molecular flexibility index (Phi) is 23.4. The molecule has 7 aromatic heterocycles. The first-order valence-electron chi connectivity index (χ1n) is 28.1. The van der Waals surface area contributed by atoms with E-state index in [4.69, 9.17) is 4.74 Å². The summed E-state index contributed by atoms with van der Waals surface area (Å²) in [5.74, 6) is 1.92. The van der Waals surface area contributed by atoms with Gasteiger partial charge >= 0.3 is 0 Å². The van der Waals surface area contributed by atoms with E-state index in [1.54, 1.807) is 0 Å². The fourth-order valence-electron chi connectivity index (χ4n) is 9.70. The lowest BCUT2D eigenvalue weighted by Crippen LogP contribution is -1.97. The lowest BCUT2D eigenvalue weighted by atomic mass is 10.1. The molecule has 0 bridgehead atoms. The van der Waals surface area contributed by atoms with Gasteiger partial charge in [-0.25, -0.2) is 0 Å². The van der Waals surface area contributed by atoms with Gasteiger partial charge in [-0.1, -0.05) is 118 Å². The molecule has 9 heteroatoms. The van der Waals surface area contributed by atoms with Crippen molar-refractivity contribution in [3.63, 3.8) is 0 Å². The Morgan fingerprint density at radius 2 is 0.726 bits per heavy atom. The Morgan fingerprint density at radius 1 is 0.356 bits per heavy atom. The third kappa shape index (κ3) is 16.2. The summed E-state index contributed by atoms with van der Waals surface area (Å²) < 4.78 is 6.27. The Morgan fingerprint density at radius 3 is 1.21 bits per heavy atom. The van der Waals surface area contributed by atoms with Gasteiger partial charge in [0.05, 0.1) is 21.2 Å². The van der Waals surface area contributed by atoms with Gasteiger partial charge in [0, 0.05) is 50.8 Å². The van der Waals surface area contributed by atoms with Crippen LogP contribution >= 0.6 is 92.0 Å². The minimum Gasteiger partial charge on any atom is -0.494 e. The lowest BCUT2D eigenvalue weighted by Gasteiger charge is -2.06. The summed E-state index contributed by atoms with van der Waals surface area (Å²) in [5, 5.41) is 9.78. The molecule has 0 aliphatic rings. The largest absolute Gasteiger partial charge is 0.494 e. The number of aryl methyl sites for hydroxylation is 4. The Bertz CT molecular complexity index is 2520. The van der Waals surface area contributed by atoms with Gasteiger partial charge in [-0.15, -0.1) is 79.4 Å². The highest BCUT2D eigenvalue weighted by atomic mass is 32.1. The first-order valence-corrected chi connectivity index (χ1v) is 34.7. The van der Waals surface area contributed by atoms with Gasteiger partial charge in [0.1, 0.15) is 5.75 Å². The molecule has 0 atom stereocenters. The number of unbranched alkanes of at least 4 members (excludes halogenated alkanes) is 15. The topological polar surface area (TPSA) is 9.23 Å². The standard InChI is InChI=1S/C64H80OS8/c1-5-9-13-19-25-46-35-56(67-42-46)52-40-58(72-62(52)59-37-48(44-69-59)27-21-15-11-7-3)54-39-55(50-29-31-51(32-30-50)65-33-23-17-18-24-34-66)71-64(54)61-41-53(57-36-47(43-68-57)26-20-14-10-6-2)63(73-61)60-38-49(45-70-60)28-22-16-12-8-4/h29-32,35-45,66H,5-28,33-34H2,1-4H3. The number of hydrogen-bond acceptors (Lipinski definition) is 9. The van der Waals surface area contributed by atoms with Crippen molar-refractivity contribution in [1.29, 1.82) is 0 Å². The molecule has 0 aliphatic carbocycles.